The number of aryl methyl sites for hydroxylation is 1. The molecule has 0 spiro atoms. The zero-order chi connectivity index (χ0) is 15.6. The third-order valence-corrected chi connectivity index (χ3v) is 3.43. The van der Waals surface area contributed by atoms with Gasteiger partial charge in [0.1, 0.15) is 5.75 Å². The van der Waals surface area contributed by atoms with Crippen LogP contribution < -0.4 is 10.1 Å². The fourth-order valence-electron chi connectivity index (χ4n) is 1.69. The van der Waals surface area contributed by atoms with Crippen molar-refractivity contribution in [2.75, 3.05) is 12.4 Å². The molecule has 2 rings (SSSR count). The molecule has 0 aliphatic heterocycles. The third-order valence-electron chi connectivity index (χ3n) is 2.64. The predicted molar refractivity (Wildman–Crippen MR) is 83.5 cm³/mol. The Morgan fingerprint density at radius 3 is 2.76 bits per heavy atom. The first-order chi connectivity index (χ1) is 9.92. The number of ether oxygens (including phenoxy) is 1. The second-order valence-electron chi connectivity index (χ2n) is 4.10. The number of non-ortho nitro benzene ring substituents is 1. The Kier molecular flexibility index (Phi) is 4.40. The van der Waals surface area contributed by atoms with Gasteiger partial charge in [-0.15, -0.1) is 0 Å². The minimum atomic E-state index is -0.532. The molecule has 9 heteroatoms. The van der Waals surface area contributed by atoms with E-state index in [1.165, 1.54) is 30.0 Å². The quantitative estimate of drug-likeness (QED) is 0.480. The molecule has 1 aromatic carbocycles. The molecule has 1 amide bonds. The highest BCUT2D eigenvalue weighted by Gasteiger charge is 2.18. The van der Waals surface area contributed by atoms with Gasteiger partial charge in [0, 0.05) is 19.3 Å². The Balaban J connectivity index is 2.29. The lowest BCUT2D eigenvalue weighted by Crippen LogP contribution is -2.15. The lowest BCUT2D eigenvalue weighted by Gasteiger charge is -2.09. The Bertz CT molecular complexity index is 713. The van der Waals surface area contributed by atoms with Gasteiger partial charge in [0.15, 0.2) is 5.69 Å². The van der Waals surface area contributed by atoms with Crippen LogP contribution in [0.1, 0.15) is 10.5 Å². The number of halogens is 1. The molecular formula is C12H11IN4O4. The summed E-state index contributed by atoms with van der Waals surface area (Å²) in [6, 6.07) is 3.96. The van der Waals surface area contributed by atoms with E-state index in [0.717, 1.165) is 0 Å². The van der Waals surface area contributed by atoms with Gasteiger partial charge in [0.05, 0.1) is 27.4 Å². The van der Waals surface area contributed by atoms with Gasteiger partial charge in [0.2, 0.25) is 0 Å². The maximum absolute atomic E-state index is 12.2. The van der Waals surface area contributed by atoms with E-state index in [4.69, 9.17) is 4.74 Å². The van der Waals surface area contributed by atoms with Gasteiger partial charge in [-0.1, -0.05) is 0 Å². The van der Waals surface area contributed by atoms with Crippen molar-refractivity contribution in [3.63, 3.8) is 0 Å². The summed E-state index contributed by atoms with van der Waals surface area (Å²) < 4.78 is 7.30. The molecule has 110 valence electrons. The summed E-state index contributed by atoms with van der Waals surface area (Å²) in [5.74, 6) is -0.198. The number of hydrogen-bond acceptors (Lipinski definition) is 5. The second-order valence-corrected chi connectivity index (χ2v) is 5.26. The highest BCUT2D eigenvalue weighted by Crippen LogP contribution is 2.29. The first-order valence-corrected chi connectivity index (χ1v) is 6.83. The number of nitrogens with one attached hydrogen (secondary N) is 1. The average Bonchev–Trinajstić information content (AvgIpc) is 2.78. The number of rotatable bonds is 4. The van der Waals surface area contributed by atoms with Crippen LogP contribution in [-0.2, 0) is 7.05 Å². The monoisotopic (exact) mass is 402 g/mol. The van der Waals surface area contributed by atoms with E-state index in [1.54, 1.807) is 13.2 Å². The lowest BCUT2D eigenvalue weighted by atomic mass is 10.2. The van der Waals surface area contributed by atoms with Crippen LogP contribution in [0.25, 0.3) is 0 Å². The van der Waals surface area contributed by atoms with Crippen LogP contribution in [0.15, 0.2) is 24.4 Å². The van der Waals surface area contributed by atoms with Crippen LogP contribution in [0.5, 0.6) is 5.75 Å². The van der Waals surface area contributed by atoms with Gasteiger partial charge in [-0.3, -0.25) is 19.6 Å². The van der Waals surface area contributed by atoms with E-state index in [-0.39, 0.29) is 17.1 Å². The molecule has 0 fully saturated rings. The van der Waals surface area contributed by atoms with E-state index >= 15 is 0 Å². The minimum Gasteiger partial charge on any atom is -0.494 e. The second kappa shape index (κ2) is 6.08. The van der Waals surface area contributed by atoms with E-state index in [0.29, 0.717) is 9.26 Å². The first kappa shape index (κ1) is 15.2. The SMILES string of the molecule is COc1cc([N+](=O)[O-])ccc1NC(=O)c1nn(C)cc1I. The molecule has 1 heterocycles. The fraction of sp³-hybridized carbons (Fsp3) is 0.167. The summed E-state index contributed by atoms with van der Waals surface area (Å²) >= 11 is 2.01. The van der Waals surface area contributed by atoms with Crippen LogP contribution in [-0.4, -0.2) is 27.7 Å². The van der Waals surface area contributed by atoms with Crippen LogP contribution in [0.2, 0.25) is 0 Å². The number of benzene rings is 1. The molecule has 0 saturated carbocycles. The summed E-state index contributed by atoms with van der Waals surface area (Å²) in [5, 5.41) is 17.4. The third kappa shape index (κ3) is 3.29. The lowest BCUT2D eigenvalue weighted by molar-refractivity contribution is -0.384. The molecule has 0 radical (unpaired) electrons. The van der Waals surface area contributed by atoms with E-state index < -0.39 is 10.8 Å². The van der Waals surface area contributed by atoms with E-state index in [1.807, 2.05) is 22.6 Å². The molecule has 2 aromatic rings. The number of aromatic nitrogens is 2. The first-order valence-electron chi connectivity index (χ1n) is 5.75. The van der Waals surface area contributed by atoms with Gasteiger partial charge in [-0.05, 0) is 28.7 Å². The Labute approximate surface area is 133 Å². The normalized spacial score (nSPS) is 10.2. The van der Waals surface area contributed by atoms with Crippen molar-refractivity contribution in [3.05, 3.63) is 43.8 Å². The standard InChI is InChI=1S/C12H11IN4O4/c1-16-6-8(13)11(15-16)12(18)14-9-4-3-7(17(19)20)5-10(9)21-2/h3-6H,1-2H3,(H,14,18). The summed E-state index contributed by atoms with van der Waals surface area (Å²) in [5.41, 5.74) is 0.505. The number of methoxy groups -OCH3 is 1. The molecule has 8 nitrogen and oxygen atoms in total. The van der Waals surface area contributed by atoms with Crippen molar-refractivity contribution < 1.29 is 14.5 Å². The van der Waals surface area contributed by atoms with Crippen LogP contribution >= 0.6 is 22.6 Å². The summed E-state index contributed by atoms with van der Waals surface area (Å²) in [6.45, 7) is 0. The molecule has 0 saturated heterocycles. The molecule has 0 bridgehead atoms. The number of hydrogen-bond donors (Lipinski definition) is 1. The molecule has 0 aliphatic carbocycles. The van der Waals surface area contributed by atoms with Crippen LogP contribution in [0, 0.1) is 13.7 Å². The Morgan fingerprint density at radius 1 is 1.52 bits per heavy atom. The van der Waals surface area contributed by atoms with Gasteiger partial charge in [0.25, 0.3) is 11.6 Å². The van der Waals surface area contributed by atoms with Crippen molar-refractivity contribution in [2.45, 2.75) is 0 Å². The van der Waals surface area contributed by atoms with Crippen molar-refractivity contribution in [2.24, 2.45) is 7.05 Å². The zero-order valence-corrected chi connectivity index (χ0v) is 13.3. The van der Waals surface area contributed by atoms with Gasteiger partial charge >= 0.3 is 0 Å². The van der Waals surface area contributed by atoms with Gasteiger partial charge < -0.3 is 10.1 Å². The van der Waals surface area contributed by atoms with Crippen molar-refractivity contribution in [1.29, 1.82) is 0 Å². The maximum Gasteiger partial charge on any atom is 0.277 e. The molecule has 0 atom stereocenters. The number of anilines is 1. The maximum atomic E-state index is 12.2. The Hall–Kier alpha value is -2.17. The highest BCUT2D eigenvalue weighted by molar-refractivity contribution is 14.1. The Morgan fingerprint density at radius 2 is 2.24 bits per heavy atom. The number of carbonyl (C=O) groups excluding carboxylic acids is 1. The van der Waals surface area contributed by atoms with Gasteiger partial charge in [-0.2, -0.15) is 5.10 Å². The van der Waals surface area contributed by atoms with Crippen LogP contribution in [0.4, 0.5) is 11.4 Å². The van der Waals surface area contributed by atoms with Crippen LogP contribution in [0.3, 0.4) is 0 Å². The minimum absolute atomic E-state index is 0.114. The molecular weight excluding hydrogens is 391 g/mol. The highest BCUT2D eigenvalue weighted by atomic mass is 127. The van der Waals surface area contributed by atoms with E-state index in [9.17, 15) is 14.9 Å². The molecule has 1 N–H and O–H groups in total. The molecule has 21 heavy (non-hydrogen) atoms. The van der Waals surface area contributed by atoms with Crippen molar-refractivity contribution in [3.8, 4) is 5.75 Å². The van der Waals surface area contributed by atoms with E-state index in [2.05, 4.69) is 10.4 Å². The smallest absolute Gasteiger partial charge is 0.277 e. The zero-order valence-electron chi connectivity index (χ0n) is 11.2. The number of nitro benzene ring substituents is 1. The fourth-order valence-corrected chi connectivity index (χ4v) is 2.45. The number of nitro groups is 1. The molecule has 0 aliphatic rings. The number of amides is 1. The summed E-state index contributed by atoms with van der Waals surface area (Å²) in [4.78, 5) is 22.3. The summed E-state index contributed by atoms with van der Waals surface area (Å²) in [7, 11) is 3.09. The number of carbonyl (C=O) groups is 1. The molecule has 0 unspecified atom stereocenters. The topological polar surface area (TPSA) is 99.3 Å². The summed E-state index contributed by atoms with van der Waals surface area (Å²) in [6.07, 6.45) is 1.71. The van der Waals surface area contributed by atoms with Gasteiger partial charge in [-0.25, -0.2) is 0 Å². The van der Waals surface area contributed by atoms with Crippen molar-refractivity contribution >= 4 is 39.9 Å². The predicted octanol–water partition coefficient (Wildman–Crippen LogP) is 2.19. The largest absolute Gasteiger partial charge is 0.494 e. The average molecular weight is 402 g/mol. The van der Waals surface area contributed by atoms with Crippen molar-refractivity contribution in [1.82, 2.24) is 9.78 Å². The molecule has 1 aromatic heterocycles. The number of nitrogens with zero attached hydrogens (tertiary/aromatic N) is 3.